The van der Waals surface area contributed by atoms with Gasteiger partial charge in [0.05, 0.1) is 6.10 Å². The fourth-order valence-corrected chi connectivity index (χ4v) is 3.54. The van der Waals surface area contributed by atoms with E-state index in [1.807, 2.05) is 27.7 Å². The molecule has 0 bridgehead atoms. The number of sulfonamides is 1. The largest absolute Gasteiger partial charge is 0.491 e. The molecular formula is C22H29N3O6S. The Hall–Kier alpha value is -3.27. The summed E-state index contributed by atoms with van der Waals surface area (Å²) in [4.78, 5) is 25.6. The number of nitrogens with zero attached hydrogens (tertiary/aromatic N) is 1. The summed E-state index contributed by atoms with van der Waals surface area (Å²) >= 11 is 0. The average molecular weight is 464 g/mol. The number of carbonyl (C=O) groups excluding carboxylic acids is 2. The van der Waals surface area contributed by atoms with Gasteiger partial charge in [-0.05, 0) is 76.2 Å². The molecule has 2 N–H and O–H groups in total. The molecule has 0 aromatic heterocycles. The number of amides is 2. The molecule has 174 valence electrons. The first-order chi connectivity index (χ1) is 14.9. The molecule has 0 aliphatic carbocycles. The van der Waals surface area contributed by atoms with E-state index in [2.05, 4.69) is 10.0 Å². The average Bonchev–Trinajstić information content (AvgIpc) is 2.68. The lowest BCUT2D eigenvalue weighted by atomic mass is 10.3. The van der Waals surface area contributed by atoms with Crippen molar-refractivity contribution in [3.63, 3.8) is 0 Å². The Kier molecular flexibility index (Phi) is 8.48. The normalized spacial score (nSPS) is 11.2. The van der Waals surface area contributed by atoms with Crippen molar-refractivity contribution in [1.82, 2.24) is 5.32 Å². The summed E-state index contributed by atoms with van der Waals surface area (Å²) in [5.41, 5.74) is 0.892. The van der Waals surface area contributed by atoms with Crippen LogP contribution in [0.2, 0.25) is 0 Å². The van der Waals surface area contributed by atoms with Gasteiger partial charge in [0.1, 0.15) is 11.5 Å². The first-order valence-electron chi connectivity index (χ1n) is 10.1. The molecule has 2 rings (SSSR count). The first-order valence-corrected chi connectivity index (χ1v) is 11.7. The molecule has 0 heterocycles. The van der Waals surface area contributed by atoms with Gasteiger partial charge in [0, 0.05) is 24.5 Å². The molecule has 0 unspecified atom stereocenters. The summed E-state index contributed by atoms with van der Waals surface area (Å²) in [6.07, 6.45) is -0.000952. The Balaban J connectivity index is 1.92. The van der Waals surface area contributed by atoms with Gasteiger partial charge in [-0.2, -0.15) is 0 Å². The van der Waals surface area contributed by atoms with Crippen LogP contribution < -0.4 is 24.4 Å². The van der Waals surface area contributed by atoms with E-state index in [0.29, 0.717) is 17.1 Å². The van der Waals surface area contributed by atoms with E-state index in [4.69, 9.17) is 9.47 Å². The molecule has 0 radical (unpaired) electrons. The number of nitrogens with one attached hydrogen (secondary N) is 2. The zero-order valence-electron chi connectivity index (χ0n) is 18.8. The maximum absolute atomic E-state index is 12.3. The van der Waals surface area contributed by atoms with Gasteiger partial charge in [0.25, 0.3) is 0 Å². The van der Waals surface area contributed by atoms with E-state index in [-0.39, 0.29) is 23.9 Å². The number of hydrogen-bond donors (Lipinski definition) is 2. The highest BCUT2D eigenvalue weighted by molar-refractivity contribution is 7.93. The molecule has 0 atom stereocenters. The van der Waals surface area contributed by atoms with Gasteiger partial charge < -0.3 is 14.8 Å². The predicted octanol–water partition coefficient (Wildman–Crippen LogP) is 3.38. The second-order valence-electron chi connectivity index (χ2n) is 7.68. The second kappa shape index (κ2) is 10.9. The summed E-state index contributed by atoms with van der Waals surface area (Å²) in [5.74, 6) is -1.01. The van der Waals surface area contributed by atoms with Crippen molar-refractivity contribution in [2.45, 2.75) is 39.8 Å². The van der Waals surface area contributed by atoms with Gasteiger partial charge in [-0.3, -0.25) is 14.4 Å². The minimum absolute atomic E-state index is 0.000952. The number of hydrogen-bond acceptors (Lipinski definition) is 6. The lowest BCUT2D eigenvalue weighted by Gasteiger charge is -2.20. The van der Waals surface area contributed by atoms with Gasteiger partial charge in [-0.15, -0.1) is 0 Å². The molecule has 0 saturated heterocycles. The predicted molar refractivity (Wildman–Crippen MR) is 124 cm³/mol. The van der Waals surface area contributed by atoms with Gasteiger partial charge in [0.15, 0.2) is 5.75 Å². The van der Waals surface area contributed by atoms with Gasteiger partial charge in [-0.25, -0.2) is 13.2 Å². The summed E-state index contributed by atoms with van der Waals surface area (Å²) < 4.78 is 37.5. The quantitative estimate of drug-likeness (QED) is 0.435. The van der Waals surface area contributed by atoms with Crippen molar-refractivity contribution in [1.29, 1.82) is 0 Å². The van der Waals surface area contributed by atoms with Crippen molar-refractivity contribution in [3.05, 3.63) is 48.5 Å². The molecule has 9 nitrogen and oxygen atoms in total. The van der Waals surface area contributed by atoms with Crippen molar-refractivity contribution in [3.8, 4) is 11.5 Å². The number of benzene rings is 2. The van der Waals surface area contributed by atoms with Crippen LogP contribution in [0, 0.1) is 0 Å². The van der Waals surface area contributed by atoms with Crippen LogP contribution in [0.25, 0.3) is 0 Å². The molecule has 10 heteroatoms. The summed E-state index contributed by atoms with van der Waals surface area (Å²) in [6, 6.07) is 12.2. The van der Waals surface area contributed by atoms with Crippen LogP contribution in [-0.4, -0.2) is 45.4 Å². The number of carbonyl (C=O) groups is 2. The number of rotatable bonds is 9. The third-order valence-electron chi connectivity index (χ3n) is 3.98. The summed E-state index contributed by atoms with van der Waals surface area (Å²) in [7, 11) is -2.35. The molecule has 0 fully saturated rings. The Morgan fingerprint density at radius 2 is 1.50 bits per heavy atom. The molecule has 0 spiro atoms. The topological polar surface area (TPSA) is 114 Å². The molecule has 2 aromatic carbocycles. The van der Waals surface area contributed by atoms with E-state index >= 15 is 0 Å². The summed E-state index contributed by atoms with van der Waals surface area (Å²) in [6.45, 7) is 7.48. The van der Waals surface area contributed by atoms with Crippen molar-refractivity contribution in [2.24, 2.45) is 0 Å². The van der Waals surface area contributed by atoms with Crippen LogP contribution in [0.15, 0.2) is 48.5 Å². The van der Waals surface area contributed by atoms with E-state index in [9.17, 15) is 18.0 Å². The third kappa shape index (κ3) is 8.10. The molecule has 2 aromatic rings. The van der Waals surface area contributed by atoms with Crippen molar-refractivity contribution in [2.75, 3.05) is 22.4 Å². The van der Waals surface area contributed by atoms with E-state index in [1.54, 1.807) is 43.4 Å². The van der Waals surface area contributed by atoms with E-state index < -0.39 is 21.7 Å². The standard InChI is InChI=1S/C22H29N3O6S/c1-15(2)23-22(27)25(5)18-8-12-20(13-9-18)31-21(26)14-32(28,29)24-17-6-10-19(11-7-17)30-16(3)4/h6-13,15-16,24H,14H2,1-5H3,(H,23,27). The smallest absolute Gasteiger partial charge is 0.328 e. The Bertz CT molecular complexity index is 1020. The highest BCUT2D eigenvalue weighted by atomic mass is 32.2. The van der Waals surface area contributed by atoms with Crippen LogP contribution in [0.5, 0.6) is 11.5 Å². The minimum Gasteiger partial charge on any atom is -0.491 e. The summed E-state index contributed by atoms with van der Waals surface area (Å²) in [5, 5.41) is 2.77. The van der Waals surface area contributed by atoms with Crippen molar-refractivity contribution >= 4 is 33.4 Å². The Labute approximate surface area is 188 Å². The van der Waals surface area contributed by atoms with Crippen LogP contribution in [0.3, 0.4) is 0 Å². The van der Waals surface area contributed by atoms with Crippen molar-refractivity contribution < 1.29 is 27.5 Å². The first kappa shape index (κ1) is 25.0. The lowest BCUT2D eigenvalue weighted by Crippen LogP contribution is -2.40. The van der Waals surface area contributed by atoms with Gasteiger partial charge in [0.2, 0.25) is 10.0 Å². The van der Waals surface area contributed by atoms with Crippen LogP contribution in [0.1, 0.15) is 27.7 Å². The number of anilines is 2. The van der Waals surface area contributed by atoms with Crippen LogP contribution >= 0.6 is 0 Å². The van der Waals surface area contributed by atoms with Gasteiger partial charge >= 0.3 is 12.0 Å². The highest BCUT2D eigenvalue weighted by Crippen LogP contribution is 2.20. The molecule has 32 heavy (non-hydrogen) atoms. The lowest BCUT2D eigenvalue weighted by molar-refractivity contribution is -0.131. The molecule has 0 saturated carbocycles. The third-order valence-corrected chi connectivity index (χ3v) is 5.14. The molecule has 0 aliphatic rings. The second-order valence-corrected chi connectivity index (χ2v) is 9.41. The van der Waals surface area contributed by atoms with Crippen LogP contribution in [-0.2, 0) is 14.8 Å². The maximum Gasteiger partial charge on any atom is 0.328 e. The van der Waals surface area contributed by atoms with Gasteiger partial charge in [-0.1, -0.05) is 0 Å². The fraction of sp³-hybridized carbons (Fsp3) is 0.364. The van der Waals surface area contributed by atoms with E-state index in [0.717, 1.165) is 0 Å². The molecule has 0 aliphatic heterocycles. The Morgan fingerprint density at radius 3 is 2.03 bits per heavy atom. The SMILES string of the molecule is CC(C)NC(=O)N(C)c1ccc(OC(=O)CS(=O)(=O)Nc2ccc(OC(C)C)cc2)cc1. The molecular weight excluding hydrogens is 434 g/mol. The number of esters is 1. The maximum atomic E-state index is 12.3. The van der Waals surface area contributed by atoms with Crippen LogP contribution in [0.4, 0.5) is 16.2 Å². The zero-order valence-corrected chi connectivity index (χ0v) is 19.6. The Morgan fingerprint density at radius 1 is 0.938 bits per heavy atom. The highest BCUT2D eigenvalue weighted by Gasteiger charge is 2.19. The monoisotopic (exact) mass is 463 g/mol. The number of urea groups is 1. The fourth-order valence-electron chi connectivity index (χ4n) is 2.60. The minimum atomic E-state index is -3.96. The number of ether oxygens (including phenoxy) is 2. The zero-order chi connectivity index (χ0) is 23.9. The van der Waals surface area contributed by atoms with E-state index in [1.165, 1.54) is 17.0 Å². The molecule has 2 amide bonds.